The van der Waals surface area contributed by atoms with E-state index in [4.69, 9.17) is 4.74 Å². The van der Waals surface area contributed by atoms with E-state index >= 15 is 0 Å². The monoisotopic (exact) mass is 383 g/mol. The minimum absolute atomic E-state index is 0.0246. The van der Waals surface area contributed by atoms with Crippen LogP contribution in [0.15, 0.2) is 59.6 Å². The molecule has 0 aliphatic heterocycles. The number of nitrogens with zero attached hydrogens (tertiary/aromatic N) is 3. The second-order valence-electron chi connectivity index (χ2n) is 5.63. The maximum Gasteiger partial charge on any atom is 0.272 e. The number of rotatable bonds is 6. The molecule has 1 amide bonds. The van der Waals surface area contributed by atoms with Gasteiger partial charge in [-0.15, -0.1) is 0 Å². The van der Waals surface area contributed by atoms with E-state index in [-0.39, 0.29) is 5.69 Å². The highest BCUT2D eigenvalue weighted by Gasteiger charge is 2.07. The first-order chi connectivity index (χ1) is 13.1. The first-order valence-corrected chi connectivity index (χ1v) is 8.98. The van der Waals surface area contributed by atoms with E-state index in [0.717, 1.165) is 10.2 Å². The Labute approximate surface area is 159 Å². The topological polar surface area (TPSA) is 86.7 Å². The maximum atomic E-state index is 12.3. The third-order valence-electron chi connectivity index (χ3n) is 3.81. The van der Waals surface area contributed by atoms with Crippen LogP contribution in [0.25, 0.3) is 16.3 Å². The normalized spacial score (nSPS) is 12.1. The average molecular weight is 383 g/mol. The van der Waals surface area contributed by atoms with Crippen molar-refractivity contribution in [1.29, 1.82) is 0 Å². The number of carbonyl (C=O) groups is 1. The smallest absolute Gasteiger partial charge is 0.272 e. The molecule has 0 aliphatic rings. The molecule has 1 heterocycles. The standard InChI is InChI=1S/C19H17N3O4S/c1-26-12-11-21-16-7-2-3-8-17(16)27-19(21)20-18(23)10-9-14-5-4-6-15(13-14)22(24)25/h2-10,13H,11-12H2,1H3/b10-9+,20-19?. The molecule has 27 heavy (non-hydrogen) atoms. The first-order valence-electron chi connectivity index (χ1n) is 8.17. The van der Waals surface area contributed by atoms with Gasteiger partial charge in [0.1, 0.15) is 0 Å². The predicted molar refractivity (Wildman–Crippen MR) is 104 cm³/mol. The zero-order valence-electron chi connectivity index (χ0n) is 14.6. The number of fused-ring (bicyclic) bond motifs is 1. The quantitative estimate of drug-likeness (QED) is 0.371. The molecular formula is C19H17N3O4S. The van der Waals surface area contributed by atoms with Gasteiger partial charge in [-0.05, 0) is 23.8 Å². The molecule has 7 nitrogen and oxygen atoms in total. The van der Waals surface area contributed by atoms with Crippen LogP contribution in [0.5, 0.6) is 0 Å². The number of aromatic nitrogens is 1. The van der Waals surface area contributed by atoms with Gasteiger partial charge in [0.2, 0.25) is 0 Å². The second-order valence-corrected chi connectivity index (χ2v) is 6.64. The third-order valence-corrected chi connectivity index (χ3v) is 4.87. The van der Waals surface area contributed by atoms with Gasteiger partial charge in [-0.25, -0.2) is 0 Å². The van der Waals surface area contributed by atoms with Gasteiger partial charge in [-0.2, -0.15) is 4.99 Å². The molecule has 0 N–H and O–H groups in total. The summed E-state index contributed by atoms with van der Waals surface area (Å²) in [5, 5.41) is 10.8. The Kier molecular flexibility index (Phi) is 5.90. The van der Waals surface area contributed by atoms with Crippen LogP contribution in [-0.4, -0.2) is 29.1 Å². The van der Waals surface area contributed by atoms with Gasteiger partial charge in [0.25, 0.3) is 11.6 Å². The maximum absolute atomic E-state index is 12.3. The zero-order chi connectivity index (χ0) is 19.2. The van der Waals surface area contributed by atoms with Gasteiger partial charge >= 0.3 is 0 Å². The van der Waals surface area contributed by atoms with Crippen LogP contribution < -0.4 is 4.80 Å². The number of hydrogen-bond donors (Lipinski definition) is 0. The molecule has 0 spiro atoms. The number of para-hydroxylation sites is 1. The number of nitro benzene ring substituents is 1. The summed E-state index contributed by atoms with van der Waals surface area (Å²) >= 11 is 1.43. The van der Waals surface area contributed by atoms with E-state index in [2.05, 4.69) is 4.99 Å². The highest BCUT2D eigenvalue weighted by atomic mass is 32.1. The van der Waals surface area contributed by atoms with E-state index < -0.39 is 10.8 Å². The Balaban J connectivity index is 1.90. The van der Waals surface area contributed by atoms with Gasteiger partial charge in [0.15, 0.2) is 4.80 Å². The van der Waals surface area contributed by atoms with Crippen molar-refractivity contribution >= 4 is 39.2 Å². The van der Waals surface area contributed by atoms with Crippen LogP contribution in [0.1, 0.15) is 5.56 Å². The summed E-state index contributed by atoms with van der Waals surface area (Å²) in [5.74, 6) is -0.431. The van der Waals surface area contributed by atoms with Crippen LogP contribution >= 0.6 is 11.3 Å². The van der Waals surface area contributed by atoms with Crippen molar-refractivity contribution in [1.82, 2.24) is 4.57 Å². The largest absolute Gasteiger partial charge is 0.383 e. The van der Waals surface area contributed by atoms with Crippen molar-refractivity contribution in [2.75, 3.05) is 13.7 Å². The van der Waals surface area contributed by atoms with Crippen molar-refractivity contribution in [2.45, 2.75) is 6.54 Å². The fourth-order valence-corrected chi connectivity index (χ4v) is 3.61. The van der Waals surface area contributed by atoms with Gasteiger partial charge in [0, 0.05) is 31.9 Å². The summed E-state index contributed by atoms with van der Waals surface area (Å²) in [6.07, 6.45) is 2.83. The van der Waals surface area contributed by atoms with E-state index in [1.807, 2.05) is 28.8 Å². The van der Waals surface area contributed by atoms with Gasteiger partial charge < -0.3 is 9.30 Å². The summed E-state index contributed by atoms with van der Waals surface area (Å²) in [6, 6.07) is 13.9. The minimum Gasteiger partial charge on any atom is -0.383 e. The first kappa shape index (κ1) is 18.7. The summed E-state index contributed by atoms with van der Waals surface area (Å²) < 4.78 is 8.13. The SMILES string of the molecule is COCCn1c(=NC(=O)/C=C/c2cccc([N+](=O)[O-])c2)sc2ccccc21. The molecule has 0 saturated heterocycles. The molecule has 2 aromatic carbocycles. The van der Waals surface area contributed by atoms with Crippen molar-refractivity contribution < 1.29 is 14.5 Å². The average Bonchev–Trinajstić information content (AvgIpc) is 3.01. The molecule has 0 atom stereocenters. The fraction of sp³-hybridized carbons (Fsp3) is 0.158. The summed E-state index contributed by atoms with van der Waals surface area (Å²) in [7, 11) is 1.62. The number of ether oxygens (including phenoxy) is 1. The highest BCUT2D eigenvalue weighted by Crippen LogP contribution is 2.17. The van der Waals surface area contributed by atoms with Gasteiger partial charge in [-0.3, -0.25) is 14.9 Å². The third kappa shape index (κ3) is 4.55. The number of carbonyl (C=O) groups excluding carboxylic acids is 1. The fourth-order valence-electron chi connectivity index (χ4n) is 2.55. The molecule has 1 aromatic heterocycles. The number of nitro groups is 1. The number of hydrogen-bond acceptors (Lipinski definition) is 5. The molecule has 0 fully saturated rings. The second kappa shape index (κ2) is 8.52. The molecule has 3 aromatic rings. The van der Waals surface area contributed by atoms with Gasteiger partial charge in [0.05, 0.1) is 21.7 Å². The van der Waals surface area contributed by atoms with Crippen LogP contribution in [0, 0.1) is 10.1 Å². The molecule has 0 radical (unpaired) electrons. The van der Waals surface area contributed by atoms with Crippen LogP contribution in [0.4, 0.5) is 5.69 Å². The van der Waals surface area contributed by atoms with Crippen molar-refractivity contribution in [3.63, 3.8) is 0 Å². The zero-order valence-corrected chi connectivity index (χ0v) is 15.4. The lowest BCUT2D eigenvalue weighted by Crippen LogP contribution is -2.18. The Morgan fingerprint density at radius 3 is 2.89 bits per heavy atom. The molecule has 0 bridgehead atoms. The summed E-state index contributed by atoms with van der Waals surface area (Å²) in [4.78, 5) is 27.4. The van der Waals surface area contributed by atoms with E-state index in [9.17, 15) is 14.9 Å². The number of benzene rings is 2. The Morgan fingerprint density at radius 1 is 1.30 bits per heavy atom. The molecule has 0 unspecified atom stereocenters. The van der Waals surface area contributed by atoms with E-state index in [1.54, 1.807) is 19.2 Å². The minimum atomic E-state index is -0.473. The van der Waals surface area contributed by atoms with Crippen molar-refractivity contribution in [2.24, 2.45) is 4.99 Å². The number of non-ortho nitro benzene ring substituents is 1. The van der Waals surface area contributed by atoms with Crippen molar-refractivity contribution in [3.05, 3.63) is 75.1 Å². The Morgan fingerprint density at radius 2 is 2.11 bits per heavy atom. The summed E-state index contributed by atoms with van der Waals surface area (Å²) in [5.41, 5.74) is 1.54. The Hall–Kier alpha value is -3.10. The van der Waals surface area contributed by atoms with E-state index in [1.165, 1.54) is 35.6 Å². The molecule has 8 heteroatoms. The molecular weight excluding hydrogens is 366 g/mol. The molecule has 138 valence electrons. The molecule has 0 saturated carbocycles. The van der Waals surface area contributed by atoms with Crippen LogP contribution in [0.2, 0.25) is 0 Å². The lowest BCUT2D eigenvalue weighted by molar-refractivity contribution is -0.384. The van der Waals surface area contributed by atoms with Crippen LogP contribution in [0.3, 0.4) is 0 Å². The molecule has 0 aliphatic carbocycles. The lowest BCUT2D eigenvalue weighted by Gasteiger charge is -2.03. The Bertz CT molecular complexity index is 1080. The van der Waals surface area contributed by atoms with Crippen LogP contribution in [-0.2, 0) is 16.1 Å². The summed E-state index contributed by atoms with van der Waals surface area (Å²) in [6.45, 7) is 1.09. The van der Waals surface area contributed by atoms with Gasteiger partial charge in [-0.1, -0.05) is 35.6 Å². The molecule has 3 rings (SSSR count). The highest BCUT2D eigenvalue weighted by molar-refractivity contribution is 7.16. The number of thiazole rings is 1. The van der Waals surface area contributed by atoms with Crippen molar-refractivity contribution in [3.8, 4) is 0 Å². The predicted octanol–water partition coefficient (Wildman–Crippen LogP) is 3.40. The lowest BCUT2D eigenvalue weighted by atomic mass is 10.2. The van der Waals surface area contributed by atoms with E-state index in [0.29, 0.717) is 23.5 Å². The number of methoxy groups -OCH3 is 1. The number of amides is 1.